The molecule has 2 aliphatic heterocycles. The zero-order chi connectivity index (χ0) is 22.8. The fourth-order valence-electron chi connectivity index (χ4n) is 6.61. The van der Waals surface area contributed by atoms with Crippen molar-refractivity contribution in [3.05, 3.63) is 65.7 Å². The van der Waals surface area contributed by atoms with Crippen LogP contribution in [0.1, 0.15) is 69.4 Å². The van der Waals surface area contributed by atoms with Crippen molar-refractivity contribution in [2.75, 3.05) is 19.6 Å². The first-order chi connectivity index (χ1) is 16.1. The summed E-state index contributed by atoms with van der Waals surface area (Å²) in [5.41, 5.74) is 2.20. The fraction of sp³-hybridized carbons (Fsp3) is 0.552. The van der Waals surface area contributed by atoms with E-state index >= 15 is 0 Å². The van der Waals surface area contributed by atoms with Gasteiger partial charge < -0.3 is 15.0 Å². The van der Waals surface area contributed by atoms with Gasteiger partial charge in [0.25, 0.3) is 0 Å². The Kier molecular flexibility index (Phi) is 6.47. The highest BCUT2D eigenvalue weighted by Gasteiger charge is 2.51. The summed E-state index contributed by atoms with van der Waals surface area (Å²) in [5, 5.41) is 3.61. The van der Waals surface area contributed by atoms with Gasteiger partial charge in [-0.15, -0.1) is 0 Å². The van der Waals surface area contributed by atoms with E-state index in [0.29, 0.717) is 23.8 Å². The summed E-state index contributed by atoms with van der Waals surface area (Å²) < 4.78 is 5.86. The third-order valence-corrected chi connectivity index (χ3v) is 8.19. The van der Waals surface area contributed by atoms with E-state index in [1.54, 1.807) is 0 Å². The van der Waals surface area contributed by atoms with Gasteiger partial charge >= 0.3 is 0 Å². The van der Waals surface area contributed by atoms with Crippen molar-refractivity contribution in [1.29, 1.82) is 0 Å². The predicted octanol–water partition coefficient (Wildman–Crippen LogP) is 5.28. The first-order valence-corrected chi connectivity index (χ1v) is 12.9. The Hall–Kier alpha value is -2.33. The van der Waals surface area contributed by atoms with E-state index in [1.807, 2.05) is 0 Å². The highest BCUT2D eigenvalue weighted by molar-refractivity contribution is 5.89. The molecule has 3 atom stereocenters. The van der Waals surface area contributed by atoms with Crippen LogP contribution in [0.2, 0.25) is 0 Å². The van der Waals surface area contributed by atoms with Gasteiger partial charge in [0.15, 0.2) is 0 Å². The van der Waals surface area contributed by atoms with Crippen molar-refractivity contribution in [3.63, 3.8) is 0 Å². The molecule has 5 rings (SSSR count). The number of nitrogens with one attached hydrogen (secondary N) is 1. The minimum absolute atomic E-state index is 0.173. The molecule has 1 saturated carbocycles. The van der Waals surface area contributed by atoms with Crippen LogP contribution in [-0.4, -0.2) is 42.6 Å². The Bertz CT molecular complexity index is 934. The molecule has 2 saturated heterocycles. The molecule has 0 unspecified atom stereocenters. The molecule has 0 aromatic heterocycles. The van der Waals surface area contributed by atoms with Gasteiger partial charge in [-0.3, -0.25) is 4.79 Å². The van der Waals surface area contributed by atoms with Crippen molar-refractivity contribution < 1.29 is 9.53 Å². The van der Waals surface area contributed by atoms with Crippen molar-refractivity contribution in [2.24, 2.45) is 5.92 Å². The number of hydrogen-bond donors (Lipinski definition) is 1. The Morgan fingerprint density at radius 1 is 1.03 bits per heavy atom. The quantitative estimate of drug-likeness (QED) is 0.679. The van der Waals surface area contributed by atoms with Gasteiger partial charge in [0, 0.05) is 31.0 Å². The summed E-state index contributed by atoms with van der Waals surface area (Å²) in [7, 11) is 0. The molecule has 2 aromatic rings. The molecule has 2 heterocycles. The highest BCUT2D eigenvalue weighted by Crippen LogP contribution is 2.46. The van der Waals surface area contributed by atoms with Gasteiger partial charge in [-0.1, -0.05) is 61.7 Å². The number of amides is 1. The van der Waals surface area contributed by atoms with Crippen LogP contribution in [0.3, 0.4) is 0 Å². The topological polar surface area (TPSA) is 41.6 Å². The van der Waals surface area contributed by atoms with E-state index in [0.717, 1.165) is 57.5 Å². The molecule has 1 aliphatic carbocycles. The number of nitrogens with zero attached hydrogens (tertiary/aromatic N) is 1. The van der Waals surface area contributed by atoms with Crippen LogP contribution < -0.4 is 10.1 Å². The van der Waals surface area contributed by atoms with Gasteiger partial charge in [0.1, 0.15) is 5.75 Å². The van der Waals surface area contributed by atoms with Crippen LogP contribution in [0.4, 0.5) is 0 Å². The molecule has 3 aliphatic rings. The van der Waals surface area contributed by atoms with E-state index in [2.05, 4.69) is 78.7 Å². The number of carbonyl (C=O) groups is 1. The molecule has 1 N–H and O–H groups in total. The molecule has 0 radical (unpaired) electrons. The lowest BCUT2D eigenvalue weighted by Gasteiger charge is -2.42. The number of likely N-dealkylation sites (tertiary alicyclic amines) is 1. The second kappa shape index (κ2) is 9.50. The van der Waals surface area contributed by atoms with Crippen molar-refractivity contribution >= 4 is 5.91 Å². The smallest absolute Gasteiger partial charge is 0.233 e. The molecular weight excluding hydrogens is 408 g/mol. The maximum absolute atomic E-state index is 14.4. The lowest BCUT2D eigenvalue weighted by molar-refractivity contribution is -0.140. The Labute approximate surface area is 198 Å². The highest BCUT2D eigenvalue weighted by atomic mass is 16.5. The summed E-state index contributed by atoms with van der Waals surface area (Å²) >= 11 is 0. The second-order valence-corrected chi connectivity index (χ2v) is 10.5. The Balaban J connectivity index is 1.44. The van der Waals surface area contributed by atoms with E-state index < -0.39 is 0 Å². The number of carbonyl (C=O) groups excluding carboxylic acids is 1. The van der Waals surface area contributed by atoms with Gasteiger partial charge in [0.2, 0.25) is 5.91 Å². The van der Waals surface area contributed by atoms with Gasteiger partial charge in [-0.05, 0) is 62.9 Å². The van der Waals surface area contributed by atoms with E-state index in [4.69, 9.17) is 4.74 Å². The number of fused-ring (bicyclic) bond motifs is 1. The van der Waals surface area contributed by atoms with E-state index in [1.165, 1.54) is 17.5 Å². The number of ether oxygens (including phenoxy) is 1. The van der Waals surface area contributed by atoms with Crippen LogP contribution in [-0.2, 0) is 10.2 Å². The third kappa shape index (κ3) is 4.30. The van der Waals surface area contributed by atoms with Crippen LogP contribution in [0.5, 0.6) is 5.75 Å². The fourth-order valence-corrected chi connectivity index (χ4v) is 6.61. The molecule has 2 aromatic carbocycles. The Morgan fingerprint density at radius 2 is 1.76 bits per heavy atom. The second-order valence-electron chi connectivity index (χ2n) is 10.5. The maximum Gasteiger partial charge on any atom is 0.233 e. The molecule has 33 heavy (non-hydrogen) atoms. The molecule has 0 bridgehead atoms. The zero-order valence-electron chi connectivity index (χ0n) is 20.1. The van der Waals surface area contributed by atoms with Crippen LogP contribution in [0, 0.1) is 5.92 Å². The van der Waals surface area contributed by atoms with Crippen LogP contribution in [0.15, 0.2) is 54.6 Å². The molecule has 3 fully saturated rings. The summed E-state index contributed by atoms with van der Waals surface area (Å²) in [6.07, 6.45) is 6.71. The average molecular weight is 447 g/mol. The molecular formula is C29H38N2O2. The predicted molar refractivity (Wildman–Crippen MR) is 133 cm³/mol. The normalized spacial score (nSPS) is 26.8. The van der Waals surface area contributed by atoms with Crippen molar-refractivity contribution in [2.45, 2.75) is 75.9 Å². The van der Waals surface area contributed by atoms with Gasteiger partial charge in [-0.2, -0.15) is 0 Å². The maximum atomic E-state index is 14.4. The van der Waals surface area contributed by atoms with Crippen LogP contribution >= 0.6 is 0 Å². The zero-order valence-corrected chi connectivity index (χ0v) is 20.1. The summed E-state index contributed by atoms with van der Waals surface area (Å²) in [6, 6.07) is 19.6. The summed E-state index contributed by atoms with van der Waals surface area (Å²) in [5.74, 6) is 2.14. The average Bonchev–Trinajstić information content (AvgIpc) is 3.24. The molecule has 4 heteroatoms. The molecule has 176 valence electrons. The monoisotopic (exact) mass is 446 g/mol. The first kappa shape index (κ1) is 22.5. The number of benzene rings is 2. The largest absolute Gasteiger partial charge is 0.491 e. The number of hydrogen-bond acceptors (Lipinski definition) is 3. The first-order valence-electron chi connectivity index (χ1n) is 12.9. The SMILES string of the molecule is CC(C)Oc1ccc([C@H]2CN(C(=O)C3(c4ccccc4)CCCCC3)[C@@H]3CCNC[C@H]23)cc1. The van der Waals surface area contributed by atoms with E-state index in [9.17, 15) is 4.79 Å². The van der Waals surface area contributed by atoms with Gasteiger partial charge in [0.05, 0.1) is 11.5 Å². The molecule has 4 nitrogen and oxygen atoms in total. The third-order valence-electron chi connectivity index (χ3n) is 8.19. The molecule has 0 spiro atoms. The lowest BCUT2D eigenvalue weighted by atomic mass is 9.68. The summed E-state index contributed by atoms with van der Waals surface area (Å²) in [6.45, 7) is 6.93. The van der Waals surface area contributed by atoms with Crippen molar-refractivity contribution in [1.82, 2.24) is 10.2 Å². The number of piperidine rings is 1. The minimum atomic E-state index is -0.348. The van der Waals surface area contributed by atoms with E-state index in [-0.39, 0.29) is 11.5 Å². The lowest BCUT2D eigenvalue weighted by Crippen LogP contribution is -2.53. The standard InChI is InChI=1S/C29H38N2O2/c1-21(2)33-24-13-11-22(12-14-24)26-20-31(27-15-18-30-19-25(26)27)28(32)29(16-7-4-8-17-29)23-9-5-3-6-10-23/h3,5-6,9-14,21,25-27,30H,4,7-8,15-20H2,1-2H3/t25-,26-,27-/m1/s1. The van der Waals surface area contributed by atoms with Crippen molar-refractivity contribution in [3.8, 4) is 5.75 Å². The minimum Gasteiger partial charge on any atom is -0.491 e. The van der Waals surface area contributed by atoms with Crippen LogP contribution in [0.25, 0.3) is 0 Å². The summed E-state index contributed by atoms with van der Waals surface area (Å²) in [4.78, 5) is 16.7. The number of rotatable bonds is 5. The molecule has 1 amide bonds. The van der Waals surface area contributed by atoms with Gasteiger partial charge in [-0.25, -0.2) is 0 Å². The Morgan fingerprint density at radius 3 is 2.45 bits per heavy atom.